The number of rotatable bonds is 5. The Morgan fingerprint density at radius 3 is 2.08 bits per heavy atom. The van der Waals surface area contributed by atoms with Crippen molar-refractivity contribution in [2.24, 2.45) is 0 Å². The SMILES string of the molecule is O=C(CCN1C(=O)c2ccccc2C1=O)Nc1ccccc1C(=O)[O-]. The van der Waals surface area contributed by atoms with Crippen molar-refractivity contribution in [1.29, 1.82) is 0 Å². The van der Waals surface area contributed by atoms with Crippen LogP contribution in [0.5, 0.6) is 0 Å². The van der Waals surface area contributed by atoms with Gasteiger partial charge in [-0.05, 0) is 18.2 Å². The number of amides is 3. The van der Waals surface area contributed by atoms with E-state index in [0.29, 0.717) is 11.1 Å². The number of imide groups is 1. The van der Waals surface area contributed by atoms with Crippen LogP contribution in [0.3, 0.4) is 0 Å². The van der Waals surface area contributed by atoms with Gasteiger partial charge >= 0.3 is 0 Å². The molecule has 1 aliphatic heterocycles. The Morgan fingerprint density at radius 2 is 1.48 bits per heavy atom. The van der Waals surface area contributed by atoms with Gasteiger partial charge in [0.2, 0.25) is 5.91 Å². The number of aromatic carboxylic acids is 1. The Bertz CT molecular complexity index is 856. The number of hydrogen-bond acceptors (Lipinski definition) is 5. The average molecular weight is 337 g/mol. The van der Waals surface area contributed by atoms with Crippen molar-refractivity contribution in [2.45, 2.75) is 6.42 Å². The summed E-state index contributed by atoms with van der Waals surface area (Å²) in [6.45, 7) is -0.0916. The molecule has 2 aromatic carbocycles. The fraction of sp³-hybridized carbons (Fsp3) is 0.111. The molecule has 0 saturated heterocycles. The van der Waals surface area contributed by atoms with Gasteiger partial charge in [-0.3, -0.25) is 19.3 Å². The number of carbonyl (C=O) groups excluding carboxylic acids is 4. The van der Waals surface area contributed by atoms with Crippen molar-refractivity contribution in [1.82, 2.24) is 4.90 Å². The van der Waals surface area contributed by atoms with E-state index in [0.717, 1.165) is 4.90 Å². The Kier molecular flexibility index (Phi) is 4.30. The average Bonchev–Trinajstić information content (AvgIpc) is 2.85. The fourth-order valence-corrected chi connectivity index (χ4v) is 2.64. The lowest BCUT2D eigenvalue weighted by Crippen LogP contribution is -2.33. The Morgan fingerprint density at radius 1 is 0.920 bits per heavy atom. The van der Waals surface area contributed by atoms with Gasteiger partial charge in [-0.1, -0.05) is 30.3 Å². The van der Waals surface area contributed by atoms with Crippen LogP contribution in [0.1, 0.15) is 37.5 Å². The highest BCUT2D eigenvalue weighted by atomic mass is 16.4. The molecule has 0 fully saturated rings. The van der Waals surface area contributed by atoms with Crippen molar-refractivity contribution in [3.63, 3.8) is 0 Å². The second-order valence-electron chi connectivity index (χ2n) is 5.44. The minimum absolute atomic E-state index is 0.0916. The van der Waals surface area contributed by atoms with E-state index in [4.69, 9.17) is 0 Å². The molecule has 1 aliphatic rings. The summed E-state index contributed by atoms with van der Waals surface area (Å²) in [6.07, 6.45) is -0.146. The van der Waals surface area contributed by atoms with E-state index >= 15 is 0 Å². The molecule has 3 rings (SSSR count). The van der Waals surface area contributed by atoms with Gasteiger partial charge in [0.15, 0.2) is 0 Å². The van der Waals surface area contributed by atoms with Crippen molar-refractivity contribution in [3.05, 3.63) is 65.2 Å². The zero-order chi connectivity index (χ0) is 18.0. The van der Waals surface area contributed by atoms with E-state index in [9.17, 15) is 24.3 Å². The molecule has 0 radical (unpaired) electrons. The second kappa shape index (κ2) is 6.56. The van der Waals surface area contributed by atoms with Crippen LogP contribution in [0.25, 0.3) is 0 Å². The number of nitrogens with zero attached hydrogens (tertiary/aromatic N) is 1. The van der Waals surface area contributed by atoms with Gasteiger partial charge < -0.3 is 15.2 Å². The molecule has 3 amide bonds. The van der Waals surface area contributed by atoms with E-state index in [1.807, 2.05) is 0 Å². The lowest BCUT2D eigenvalue weighted by molar-refractivity contribution is -0.254. The largest absolute Gasteiger partial charge is 0.545 e. The highest BCUT2D eigenvalue weighted by Gasteiger charge is 2.34. The summed E-state index contributed by atoms with van der Waals surface area (Å²) >= 11 is 0. The monoisotopic (exact) mass is 337 g/mol. The highest BCUT2D eigenvalue weighted by molar-refractivity contribution is 6.21. The molecule has 2 aromatic rings. The summed E-state index contributed by atoms with van der Waals surface area (Å²) in [6, 6.07) is 12.3. The molecular formula is C18H13N2O5-. The van der Waals surface area contributed by atoms with Gasteiger partial charge in [-0.25, -0.2) is 0 Å². The predicted octanol–water partition coefficient (Wildman–Crippen LogP) is 0.675. The Hall–Kier alpha value is -3.48. The third-order valence-electron chi connectivity index (χ3n) is 3.86. The number of anilines is 1. The van der Waals surface area contributed by atoms with E-state index < -0.39 is 23.7 Å². The third kappa shape index (κ3) is 3.12. The first-order valence-electron chi connectivity index (χ1n) is 7.54. The molecule has 0 saturated carbocycles. The summed E-state index contributed by atoms with van der Waals surface area (Å²) in [4.78, 5) is 48.5. The van der Waals surface area contributed by atoms with Crippen LogP contribution in [-0.2, 0) is 4.79 Å². The number of nitrogens with one attached hydrogen (secondary N) is 1. The number of para-hydroxylation sites is 1. The fourth-order valence-electron chi connectivity index (χ4n) is 2.64. The first-order valence-corrected chi connectivity index (χ1v) is 7.54. The number of hydrogen-bond donors (Lipinski definition) is 1. The maximum absolute atomic E-state index is 12.2. The lowest BCUT2D eigenvalue weighted by atomic mass is 10.1. The predicted molar refractivity (Wildman–Crippen MR) is 85.8 cm³/mol. The molecule has 1 heterocycles. The highest BCUT2D eigenvalue weighted by Crippen LogP contribution is 2.22. The van der Waals surface area contributed by atoms with Gasteiger partial charge in [0.05, 0.1) is 17.1 Å². The number of carboxylic acid groups (broad SMARTS) is 1. The zero-order valence-corrected chi connectivity index (χ0v) is 13.0. The zero-order valence-electron chi connectivity index (χ0n) is 13.0. The Labute approximate surface area is 142 Å². The molecule has 0 aliphatic carbocycles. The topological polar surface area (TPSA) is 107 Å². The van der Waals surface area contributed by atoms with Gasteiger partial charge in [-0.2, -0.15) is 0 Å². The van der Waals surface area contributed by atoms with E-state index in [-0.39, 0.29) is 24.2 Å². The maximum atomic E-state index is 12.2. The van der Waals surface area contributed by atoms with Gasteiger partial charge in [0, 0.05) is 24.2 Å². The van der Waals surface area contributed by atoms with Crippen molar-refractivity contribution in [2.75, 3.05) is 11.9 Å². The molecule has 126 valence electrons. The molecule has 7 nitrogen and oxygen atoms in total. The molecule has 0 aromatic heterocycles. The second-order valence-corrected chi connectivity index (χ2v) is 5.44. The first kappa shape index (κ1) is 16.4. The number of carboxylic acids is 1. The van der Waals surface area contributed by atoms with Crippen LogP contribution in [0.4, 0.5) is 5.69 Å². The lowest BCUT2D eigenvalue weighted by Gasteiger charge is -2.15. The summed E-state index contributed by atoms with van der Waals surface area (Å²) in [5.41, 5.74) is 0.594. The molecule has 0 bridgehead atoms. The minimum Gasteiger partial charge on any atom is -0.545 e. The van der Waals surface area contributed by atoms with Gasteiger partial charge in [-0.15, -0.1) is 0 Å². The molecule has 0 spiro atoms. The third-order valence-corrected chi connectivity index (χ3v) is 3.86. The summed E-state index contributed by atoms with van der Waals surface area (Å²) in [5, 5.41) is 13.5. The van der Waals surface area contributed by atoms with Gasteiger partial charge in [0.25, 0.3) is 11.8 Å². The van der Waals surface area contributed by atoms with Crippen molar-refractivity contribution in [3.8, 4) is 0 Å². The van der Waals surface area contributed by atoms with Crippen molar-refractivity contribution >= 4 is 29.4 Å². The number of fused-ring (bicyclic) bond motifs is 1. The molecule has 25 heavy (non-hydrogen) atoms. The van der Waals surface area contributed by atoms with E-state index in [2.05, 4.69) is 5.32 Å². The number of benzene rings is 2. The minimum atomic E-state index is -1.41. The normalized spacial score (nSPS) is 12.9. The molecule has 1 N–H and O–H groups in total. The Balaban J connectivity index is 1.65. The van der Waals surface area contributed by atoms with Gasteiger partial charge in [0.1, 0.15) is 0 Å². The maximum Gasteiger partial charge on any atom is 0.261 e. The van der Waals surface area contributed by atoms with Crippen LogP contribution in [0.2, 0.25) is 0 Å². The van der Waals surface area contributed by atoms with Crippen LogP contribution in [0, 0.1) is 0 Å². The van der Waals surface area contributed by atoms with Crippen LogP contribution in [0.15, 0.2) is 48.5 Å². The van der Waals surface area contributed by atoms with Crippen LogP contribution in [-0.4, -0.2) is 35.1 Å². The molecule has 7 heteroatoms. The first-order chi connectivity index (χ1) is 12.0. The summed E-state index contributed by atoms with van der Waals surface area (Å²) < 4.78 is 0. The quantitative estimate of drug-likeness (QED) is 0.807. The number of carbonyl (C=O) groups is 4. The molecule has 0 atom stereocenters. The summed E-state index contributed by atoms with van der Waals surface area (Å²) in [5.74, 6) is -2.80. The smallest absolute Gasteiger partial charge is 0.261 e. The summed E-state index contributed by atoms with van der Waals surface area (Å²) in [7, 11) is 0. The van der Waals surface area contributed by atoms with Crippen LogP contribution >= 0.6 is 0 Å². The van der Waals surface area contributed by atoms with E-state index in [1.165, 1.54) is 18.2 Å². The standard InChI is InChI=1S/C18H14N2O5/c21-15(19-14-8-4-3-7-13(14)18(24)25)9-10-20-16(22)11-5-1-2-6-12(11)17(20)23/h1-8H,9-10H2,(H,19,21)(H,24,25)/p-1. The van der Waals surface area contributed by atoms with E-state index in [1.54, 1.807) is 30.3 Å². The van der Waals surface area contributed by atoms with Crippen molar-refractivity contribution < 1.29 is 24.3 Å². The molecule has 0 unspecified atom stereocenters. The molecular weight excluding hydrogens is 324 g/mol. The van der Waals surface area contributed by atoms with Crippen LogP contribution < -0.4 is 10.4 Å².